The fourth-order valence-electron chi connectivity index (χ4n) is 4.37. The summed E-state index contributed by atoms with van der Waals surface area (Å²) in [6.45, 7) is 0.826. The Labute approximate surface area is 211 Å². The van der Waals surface area contributed by atoms with Crippen LogP contribution >= 0.6 is 11.6 Å². The number of hydrogen-bond acceptors (Lipinski definition) is 5. The lowest BCUT2D eigenvalue weighted by molar-refractivity contribution is -0.137. The number of benzene rings is 2. The van der Waals surface area contributed by atoms with Gasteiger partial charge in [-0.1, -0.05) is 35.9 Å². The van der Waals surface area contributed by atoms with Gasteiger partial charge in [-0.05, 0) is 54.8 Å². The number of halogens is 4. The zero-order chi connectivity index (χ0) is 25.3. The van der Waals surface area contributed by atoms with Crippen LogP contribution in [0.4, 0.5) is 19.0 Å². The molecule has 0 saturated carbocycles. The number of pyridine rings is 1. The van der Waals surface area contributed by atoms with Crippen molar-refractivity contribution >= 4 is 17.4 Å². The van der Waals surface area contributed by atoms with Crippen molar-refractivity contribution < 1.29 is 18.3 Å². The third-order valence-corrected chi connectivity index (χ3v) is 6.67. The van der Waals surface area contributed by atoms with E-state index in [1.54, 1.807) is 30.6 Å². The molecule has 184 valence electrons. The number of aliphatic hydroxyl groups is 1. The van der Waals surface area contributed by atoms with Gasteiger partial charge in [-0.2, -0.15) is 13.2 Å². The van der Waals surface area contributed by atoms with Crippen molar-refractivity contribution in [2.75, 3.05) is 18.0 Å². The van der Waals surface area contributed by atoms with Crippen LogP contribution in [-0.2, 0) is 11.8 Å². The van der Waals surface area contributed by atoms with E-state index >= 15 is 0 Å². The van der Waals surface area contributed by atoms with E-state index in [9.17, 15) is 18.3 Å². The maximum Gasteiger partial charge on any atom is 0.416 e. The van der Waals surface area contributed by atoms with Crippen molar-refractivity contribution in [1.29, 1.82) is 0 Å². The molecule has 1 saturated heterocycles. The van der Waals surface area contributed by atoms with Crippen LogP contribution in [0.15, 0.2) is 79.1 Å². The van der Waals surface area contributed by atoms with Crippen molar-refractivity contribution in [2.24, 2.45) is 0 Å². The van der Waals surface area contributed by atoms with Gasteiger partial charge in [0.25, 0.3) is 0 Å². The lowest BCUT2D eigenvalue weighted by Crippen LogP contribution is -2.43. The molecular formula is C27H22ClF3N4O. The highest BCUT2D eigenvalue weighted by molar-refractivity contribution is 6.30. The Balaban J connectivity index is 1.45. The average molecular weight is 511 g/mol. The van der Waals surface area contributed by atoms with Gasteiger partial charge in [0.15, 0.2) is 5.82 Å². The standard InChI is InChI=1S/C27H22ClF3N4O/c28-22-8-6-18(7-9-22)23-16-24(34-25(33-23)19-3-2-12-32-17-19)35-13-10-26(36,11-14-35)20-4-1-5-21(15-20)27(29,30)31/h1-9,12,15-17,36H,10-11,13-14H2. The Morgan fingerprint density at radius 1 is 0.889 bits per heavy atom. The van der Waals surface area contributed by atoms with Crippen molar-refractivity contribution in [1.82, 2.24) is 15.0 Å². The van der Waals surface area contributed by atoms with Gasteiger partial charge in [0, 0.05) is 47.7 Å². The number of aromatic nitrogens is 3. The molecule has 1 N–H and O–H groups in total. The molecule has 2 aromatic heterocycles. The lowest BCUT2D eigenvalue weighted by atomic mass is 9.83. The summed E-state index contributed by atoms with van der Waals surface area (Å²) >= 11 is 6.06. The molecule has 1 aliphatic heterocycles. The molecule has 9 heteroatoms. The molecule has 0 unspecified atom stereocenters. The first-order chi connectivity index (χ1) is 17.2. The monoisotopic (exact) mass is 510 g/mol. The molecule has 5 nitrogen and oxygen atoms in total. The second-order valence-electron chi connectivity index (χ2n) is 8.78. The van der Waals surface area contributed by atoms with Crippen LogP contribution in [0.3, 0.4) is 0 Å². The van der Waals surface area contributed by atoms with Crippen molar-refractivity contribution in [3.05, 3.63) is 95.3 Å². The first kappa shape index (κ1) is 24.2. The highest BCUT2D eigenvalue weighted by Crippen LogP contribution is 2.38. The van der Waals surface area contributed by atoms with E-state index in [1.807, 2.05) is 35.2 Å². The van der Waals surface area contributed by atoms with Crippen molar-refractivity contribution in [3.8, 4) is 22.6 Å². The van der Waals surface area contributed by atoms with E-state index in [0.29, 0.717) is 35.4 Å². The minimum Gasteiger partial charge on any atom is -0.385 e. The zero-order valence-corrected chi connectivity index (χ0v) is 19.8. The summed E-state index contributed by atoms with van der Waals surface area (Å²) in [4.78, 5) is 15.7. The van der Waals surface area contributed by atoms with Gasteiger partial charge >= 0.3 is 6.18 Å². The summed E-state index contributed by atoms with van der Waals surface area (Å²) in [5, 5.41) is 11.9. The third-order valence-electron chi connectivity index (χ3n) is 6.41. The molecule has 5 rings (SSSR count). The number of hydrogen-bond donors (Lipinski definition) is 1. The molecule has 0 radical (unpaired) electrons. The molecule has 0 aliphatic carbocycles. The van der Waals surface area contributed by atoms with Crippen LogP contribution in [-0.4, -0.2) is 33.1 Å². The van der Waals surface area contributed by atoms with Crippen LogP contribution in [0.25, 0.3) is 22.6 Å². The third kappa shape index (κ3) is 5.05. The van der Waals surface area contributed by atoms with Gasteiger partial charge < -0.3 is 10.0 Å². The first-order valence-electron chi connectivity index (χ1n) is 11.4. The van der Waals surface area contributed by atoms with Gasteiger partial charge in [0.1, 0.15) is 5.82 Å². The van der Waals surface area contributed by atoms with Gasteiger partial charge in [-0.15, -0.1) is 0 Å². The molecule has 3 heterocycles. The highest BCUT2D eigenvalue weighted by atomic mass is 35.5. The molecular weight excluding hydrogens is 489 g/mol. The second-order valence-corrected chi connectivity index (χ2v) is 9.22. The Morgan fingerprint density at radius 2 is 1.64 bits per heavy atom. The fraction of sp³-hybridized carbons (Fsp3) is 0.222. The SMILES string of the molecule is OC1(c2cccc(C(F)(F)F)c2)CCN(c2cc(-c3ccc(Cl)cc3)nc(-c3cccnc3)n2)CC1. The summed E-state index contributed by atoms with van der Waals surface area (Å²) in [7, 11) is 0. The molecule has 36 heavy (non-hydrogen) atoms. The molecule has 0 amide bonds. The topological polar surface area (TPSA) is 62.1 Å². The van der Waals surface area contributed by atoms with E-state index < -0.39 is 17.3 Å². The fourth-order valence-corrected chi connectivity index (χ4v) is 4.49. The van der Waals surface area contributed by atoms with Gasteiger partial charge in [0.05, 0.1) is 16.9 Å². The summed E-state index contributed by atoms with van der Waals surface area (Å²) < 4.78 is 39.6. The number of nitrogens with zero attached hydrogens (tertiary/aromatic N) is 4. The zero-order valence-electron chi connectivity index (χ0n) is 19.1. The summed E-state index contributed by atoms with van der Waals surface area (Å²) in [5.41, 5.74) is 0.487. The Bertz CT molecular complexity index is 1360. The maximum atomic E-state index is 13.2. The largest absolute Gasteiger partial charge is 0.416 e. The first-order valence-corrected chi connectivity index (χ1v) is 11.8. The van der Waals surface area contributed by atoms with Crippen LogP contribution < -0.4 is 4.90 Å². The van der Waals surface area contributed by atoms with Crippen LogP contribution in [0, 0.1) is 0 Å². The summed E-state index contributed by atoms with van der Waals surface area (Å²) in [6, 6.07) is 17.8. The van der Waals surface area contributed by atoms with Gasteiger partial charge in [0.2, 0.25) is 0 Å². The van der Waals surface area contributed by atoms with E-state index in [0.717, 1.165) is 23.3 Å². The molecule has 4 aromatic rings. The normalized spacial score (nSPS) is 15.6. The molecule has 1 aliphatic rings. The van der Waals surface area contributed by atoms with Crippen molar-refractivity contribution in [3.63, 3.8) is 0 Å². The van der Waals surface area contributed by atoms with E-state index in [2.05, 4.69) is 4.98 Å². The van der Waals surface area contributed by atoms with Crippen LogP contribution in [0.1, 0.15) is 24.0 Å². The lowest BCUT2D eigenvalue weighted by Gasteiger charge is -2.39. The maximum absolute atomic E-state index is 13.2. The van der Waals surface area contributed by atoms with E-state index in [1.165, 1.54) is 6.07 Å². The second kappa shape index (κ2) is 9.52. The summed E-state index contributed by atoms with van der Waals surface area (Å²) in [6.07, 6.45) is -0.581. The van der Waals surface area contributed by atoms with Crippen LogP contribution in [0.5, 0.6) is 0 Å². The minimum absolute atomic E-state index is 0.261. The van der Waals surface area contributed by atoms with E-state index in [-0.39, 0.29) is 18.4 Å². The molecule has 0 bridgehead atoms. The Morgan fingerprint density at radius 3 is 2.31 bits per heavy atom. The summed E-state index contributed by atoms with van der Waals surface area (Å²) in [5.74, 6) is 1.17. The number of anilines is 1. The predicted octanol–water partition coefficient (Wildman–Crippen LogP) is 6.37. The van der Waals surface area contributed by atoms with Crippen molar-refractivity contribution in [2.45, 2.75) is 24.6 Å². The number of rotatable bonds is 4. The number of alkyl halides is 3. The van der Waals surface area contributed by atoms with Gasteiger partial charge in [-0.3, -0.25) is 4.98 Å². The molecule has 2 aromatic carbocycles. The Hall–Kier alpha value is -3.49. The quantitative estimate of drug-likeness (QED) is 0.346. The molecule has 1 fully saturated rings. The van der Waals surface area contributed by atoms with E-state index in [4.69, 9.17) is 21.6 Å². The predicted molar refractivity (Wildman–Crippen MR) is 132 cm³/mol. The Kier molecular flexibility index (Phi) is 6.40. The smallest absolute Gasteiger partial charge is 0.385 e. The highest BCUT2D eigenvalue weighted by Gasteiger charge is 2.37. The van der Waals surface area contributed by atoms with Crippen LogP contribution in [0.2, 0.25) is 5.02 Å². The molecule has 0 atom stereocenters. The van der Waals surface area contributed by atoms with Gasteiger partial charge in [-0.25, -0.2) is 9.97 Å². The average Bonchev–Trinajstić information content (AvgIpc) is 2.89. The minimum atomic E-state index is -4.46. The molecule has 0 spiro atoms. The number of piperidine rings is 1.